The number of nitrogens with zero attached hydrogens (tertiary/aromatic N) is 1. The highest BCUT2D eigenvalue weighted by atomic mass is 35.5. The fourth-order valence-electron chi connectivity index (χ4n) is 4.82. The Balaban J connectivity index is 0.00000161. The molecular weight excluding hydrogens is 284 g/mol. The molecule has 0 aromatic heterocycles. The van der Waals surface area contributed by atoms with Gasteiger partial charge in [-0.15, -0.1) is 12.4 Å². The van der Waals surface area contributed by atoms with E-state index >= 15 is 0 Å². The average molecular weight is 315 g/mol. The predicted octanol–water partition coefficient (Wildman–Crippen LogP) is 3.50. The van der Waals surface area contributed by atoms with Crippen molar-refractivity contribution in [3.05, 3.63) is 0 Å². The molecule has 21 heavy (non-hydrogen) atoms. The Hall–Kier alpha value is -0.280. The molecule has 122 valence electrons. The Kier molecular flexibility index (Phi) is 5.96. The molecule has 4 heteroatoms. The summed E-state index contributed by atoms with van der Waals surface area (Å²) in [5, 5.41) is 0. The number of piperidine rings is 1. The third-order valence-corrected chi connectivity index (χ3v) is 5.95. The summed E-state index contributed by atoms with van der Waals surface area (Å²) in [4.78, 5) is 15.0. The van der Waals surface area contributed by atoms with Crippen molar-refractivity contribution in [2.24, 2.45) is 17.1 Å². The van der Waals surface area contributed by atoms with Crippen molar-refractivity contribution in [3.8, 4) is 0 Å². The lowest BCUT2D eigenvalue weighted by molar-refractivity contribution is -0.141. The van der Waals surface area contributed by atoms with Gasteiger partial charge in [0.2, 0.25) is 5.91 Å². The minimum absolute atomic E-state index is 0. The van der Waals surface area contributed by atoms with E-state index in [2.05, 4.69) is 4.90 Å². The van der Waals surface area contributed by atoms with Crippen molar-refractivity contribution in [2.75, 3.05) is 13.1 Å². The highest BCUT2D eigenvalue weighted by Gasteiger charge is 2.39. The Morgan fingerprint density at radius 3 is 2.43 bits per heavy atom. The molecule has 3 nitrogen and oxygen atoms in total. The van der Waals surface area contributed by atoms with E-state index < -0.39 is 0 Å². The van der Waals surface area contributed by atoms with E-state index in [0.717, 1.165) is 38.8 Å². The van der Waals surface area contributed by atoms with Crippen molar-refractivity contribution < 1.29 is 4.79 Å². The summed E-state index contributed by atoms with van der Waals surface area (Å²) in [5.41, 5.74) is 6.53. The van der Waals surface area contributed by atoms with Gasteiger partial charge >= 0.3 is 0 Å². The van der Waals surface area contributed by atoms with Crippen LogP contribution < -0.4 is 5.73 Å². The van der Waals surface area contributed by atoms with Crippen LogP contribution in [0.4, 0.5) is 0 Å². The van der Waals surface area contributed by atoms with Crippen LogP contribution in [0, 0.1) is 11.3 Å². The van der Waals surface area contributed by atoms with Crippen LogP contribution in [0.2, 0.25) is 0 Å². The van der Waals surface area contributed by atoms with Crippen molar-refractivity contribution in [1.82, 2.24) is 4.90 Å². The minimum atomic E-state index is 0. The monoisotopic (exact) mass is 314 g/mol. The quantitative estimate of drug-likeness (QED) is 0.805. The lowest BCUT2D eigenvalue weighted by atomic mass is 9.69. The van der Waals surface area contributed by atoms with Crippen LogP contribution in [0.5, 0.6) is 0 Å². The fraction of sp³-hybridized carbons (Fsp3) is 0.941. The number of hydrogen-bond acceptors (Lipinski definition) is 2. The molecule has 1 aliphatic heterocycles. The zero-order chi connectivity index (χ0) is 14.0. The van der Waals surface area contributed by atoms with Gasteiger partial charge in [0.05, 0.1) is 0 Å². The molecule has 0 aromatic carbocycles. The summed E-state index contributed by atoms with van der Waals surface area (Å²) in [6, 6.07) is 0.256. The first-order chi connectivity index (χ1) is 9.69. The van der Waals surface area contributed by atoms with E-state index in [0.29, 0.717) is 11.3 Å². The second-order valence-corrected chi connectivity index (χ2v) is 7.55. The lowest BCUT2D eigenvalue weighted by Gasteiger charge is -2.46. The van der Waals surface area contributed by atoms with E-state index in [1.807, 2.05) is 0 Å². The van der Waals surface area contributed by atoms with Crippen molar-refractivity contribution >= 4 is 18.3 Å². The number of nitrogens with two attached hydrogens (primary N) is 1. The molecule has 0 bridgehead atoms. The summed E-state index contributed by atoms with van der Waals surface area (Å²) in [6.45, 7) is 2.03. The van der Waals surface area contributed by atoms with Crippen molar-refractivity contribution in [2.45, 2.75) is 76.7 Å². The standard InChI is InChI=1S/C17H30N2O.ClH/c18-15-7-4-6-14(12-15)16(20)19-11-5-10-17(13-19)8-2-1-3-9-17;/h14-15H,1-13,18H2;1H. The molecule has 0 radical (unpaired) electrons. The number of carbonyl (C=O) groups is 1. The zero-order valence-electron chi connectivity index (χ0n) is 13.2. The van der Waals surface area contributed by atoms with Crippen LogP contribution >= 0.6 is 12.4 Å². The molecule has 1 heterocycles. The topological polar surface area (TPSA) is 46.3 Å². The maximum absolute atomic E-state index is 12.8. The van der Waals surface area contributed by atoms with Gasteiger partial charge in [0.1, 0.15) is 0 Å². The molecular formula is C17H31ClN2O. The summed E-state index contributed by atoms with van der Waals surface area (Å²) in [7, 11) is 0. The van der Waals surface area contributed by atoms with Gasteiger partial charge in [0, 0.05) is 25.0 Å². The van der Waals surface area contributed by atoms with E-state index in [1.165, 1.54) is 44.9 Å². The number of carbonyl (C=O) groups excluding carboxylic acids is 1. The normalized spacial score (nSPS) is 32.5. The van der Waals surface area contributed by atoms with Gasteiger partial charge in [-0.2, -0.15) is 0 Å². The SMILES string of the molecule is Cl.NC1CCCC(C(=O)N2CCCC3(CCCCC3)C2)C1. The molecule has 3 rings (SSSR count). The lowest BCUT2D eigenvalue weighted by Crippen LogP contribution is -2.49. The van der Waals surface area contributed by atoms with Gasteiger partial charge in [-0.05, 0) is 50.4 Å². The molecule has 3 aliphatic rings. The molecule has 1 amide bonds. The number of halogens is 1. The molecule has 2 saturated carbocycles. The first-order valence-electron chi connectivity index (χ1n) is 8.73. The van der Waals surface area contributed by atoms with Gasteiger partial charge in [0.15, 0.2) is 0 Å². The van der Waals surface area contributed by atoms with Gasteiger partial charge < -0.3 is 10.6 Å². The van der Waals surface area contributed by atoms with Crippen LogP contribution in [0.25, 0.3) is 0 Å². The third kappa shape index (κ3) is 3.92. The van der Waals surface area contributed by atoms with E-state index in [1.54, 1.807) is 0 Å². The summed E-state index contributed by atoms with van der Waals surface area (Å²) in [6.07, 6.45) is 13.6. The van der Waals surface area contributed by atoms with Gasteiger partial charge in [-0.1, -0.05) is 25.7 Å². The molecule has 1 saturated heterocycles. The Bertz CT molecular complexity index is 349. The first kappa shape index (κ1) is 17.1. The first-order valence-corrected chi connectivity index (χ1v) is 8.73. The average Bonchev–Trinajstić information content (AvgIpc) is 2.47. The van der Waals surface area contributed by atoms with Crippen LogP contribution in [0.3, 0.4) is 0 Å². The summed E-state index contributed by atoms with van der Waals surface area (Å²) in [5.74, 6) is 0.641. The molecule has 0 aromatic rings. The fourth-order valence-corrected chi connectivity index (χ4v) is 4.82. The molecule has 2 aliphatic carbocycles. The molecule has 2 N–H and O–H groups in total. The zero-order valence-corrected chi connectivity index (χ0v) is 14.0. The van der Waals surface area contributed by atoms with E-state index in [9.17, 15) is 4.79 Å². The minimum Gasteiger partial charge on any atom is -0.342 e. The van der Waals surface area contributed by atoms with Crippen molar-refractivity contribution in [1.29, 1.82) is 0 Å². The van der Waals surface area contributed by atoms with E-state index in [4.69, 9.17) is 5.73 Å². The van der Waals surface area contributed by atoms with Crippen LogP contribution in [0.15, 0.2) is 0 Å². The number of rotatable bonds is 1. The highest BCUT2D eigenvalue weighted by Crippen LogP contribution is 2.43. The predicted molar refractivity (Wildman–Crippen MR) is 88.5 cm³/mol. The molecule has 2 atom stereocenters. The van der Waals surface area contributed by atoms with Gasteiger partial charge in [-0.3, -0.25) is 4.79 Å². The molecule has 1 spiro atoms. The smallest absolute Gasteiger partial charge is 0.225 e. The van der Waals surface area contributed by atoms with Crippen molar-refractivity contribution in [3.63, 3.8) is 0 Å². The maximum atomic E-state index is 12.8. The second kappa shape index (κ2) is 7.32. The number of likely N-dealkylation sites (tertiary alicyclic amines) is 1. The highest BCUT2D eigenvalue weighted by molar-refractivity contribution is 5.85. The summed E-state index contributed by atoms with van der Waals surface area (Å²) >= 11 is 0. The number of hydrogen-bond donors (Lipinski definition) is 1. The molecule has 2 unspecified atom stereocenters. The Morgan fingerprint density at radius 1 is 1.00 bits per heavy atom. The third-order valence-electron chi connectivity index (χ3n) is 5.95. The second-order valence-electron chi connectivity index (χ2n) is 7.55. The van der Waals surface area contributed by atoms with Gasteiger partial charge in [-0.25, -0.2) is 0 Å². The van der Waals surface area contributed by atoms with E-state index in [-0.39, 0.29) is 24.4 Å². The molecule has 3 fully saturated rings. The van der Waals surface area contributed by atoms with Gasteiger partial charge in [0.25, 0.3) is 0 Å². The number of amides is 1. The Morgan fingerprint density at radius 2 is 1.71 bits per heavy atom. The van der Waals surface area contributed by atoms with Crippen LogP contribution in [-0.4, -0.2) is 29.9 Å². The van der Waals surface area contributed by atoms with Crippen LogP contribution in [-0.2, 0) is 4.79 Å². The largest absolute Gasteiger partial charge is 0.342 e. The maximum Gasteiger partial charge on any atom is 0.225 e. The van der Waals surface area contributed by atoms with Crippen LogP contribution in [0.1, 0.15) is 70.6 Å². The summed E-state index contributed by atoms with van der Waals surface area (Å²) < 4.78 is 0. The Labute approximate surface area is 135 Å².